The van der Waals surface area contributed by atoms with E-state index in [0.717, 1.165) is 27.9 Å². The lowest BCUT2D eigenvalue weighted by Crippen LogP contribution is -2.36. The Morgan fingerprint density at radius 1 is 1.35 bits per heavy atom. The summed E-state index contributed by atoms with van der Waals surface area (Å²) in [5, 5.41) is 7.00. The van der Waals surface area contributed by atoms with Crippen molar-refractivity contribution in [2.45, 2.75) is 45.7 Å². The summed E-state index contributed by atoms with van der Waals surface area (Å²) in [7, 11) is 0. The van der Waals surface area contributed by atoms with Crippen LogP contribution in [0.3, 0.4) is 0 Å². The van der Waals surface area contributed by atoms with Crippen LogP contribution in [-0.2, 0) is 6.54 Å². The number of hydrogen-bond acceptors (Lipinski definition) is 5. The number of piperidine rings is 1. The molecule has 1 unspecified atom stereocenters. The molecule has 5 nitrogen and oxygen atoms in total. The normalized spacial score (nSPS) is 20.4. The molecule has 1 aliphatic rings. The van der Waals surface area contributed by atoms with Gasteiger partial charge in [-0.15, -0.1) is 11.3 Å². The molecule has 0 bridgehead atoms. The number of likely N-dealkylation sites (tertiary alicyclic amines) is 1. The number of H-pyrrole nitrogens is 2. The first kappa shape index (κ1) is 13.9. The number of aromatic amines is 2. The van der Waals surface area contributed by atoms with E-state index in [-0.39, 0.29) is 0 Å². The lowest BCUT2D eigenvalue weighted by molar-refractivity contribution is 0.152. The van der Waals surface area contributed by atoms with Gasteiger partial charge in [-0.2, -0.15) is 4.98 Å². The third-order valence-corrected chi connectivity index (χ3v) is 5.18. The van der Waals surface area contributed by atoms with Crippen LogP contribution in [0.4, 0.5) is 0 Å². The molecule has 0 amide bonds. The zero-order valence-corrected chi connectivity index (χ0v) is 13.4. The average molecular weight is 309 g/mol. The lowest BCUT2D eigenvalue weighted by atomic mass is 10.0. The minimum atomic E-state index is 0.485. The second-order valence-corrected chi connectivity index (χ2v) is 6.82. The Bertz CT molecular complexity index is 641. The molecule has 108 valence electrons. The van der Waals surface area contributed by atoms with Gasteiger partial charge in [0.05, 0.1) is 17.1 Å². The second-order valence-electron chi connectivity index (χ2n) is 5.35. The highest BCUT2D eigenvalue weighted by Gasteiger charge is 2.20. The highest BCUT2D eigenvalue weighted by molar-refractivity contribution is 7.71. The van der Waals surface area contributed by atoms with Gasteiger partial charge in [0.1, 0.15) is 5.01 Å². The molecule has 1 saturated heterocycles. The van der Waals surface area contributed by atoms with Crippen molar-refractivity contribution in [2.24, 2.45) is 0 Å². The van der Waals surface area contributed by atoms with E-state index < -0.39 is 0 Å². The summed E-state index contributed by atoms with van der Waals surface area (Å²) in [5.41, 5.74) is 1.02. The molecule has 1 aliphatic heterocycles. The minimum Gasteiger partial charge on any atom is -0.294 e. The third-order valence-electron chi connectivity index (χ3n) is 3.84. The molecule has 0 aliphatic carbocycles. The van der Waals surface area contributed by atoms with Crippen LogP contribution in [0.5, 0.6) is 0 Å². The Hall–Kier alpha value is -1.05. The molecule has 2 N–H and O–H groups in total. The van der Waals surface area contributed by atoms with Crippen LogP contribution >= 0.6 is 23.6 Å². The van der Waals surface area contributed by atoms with Crippen molar-refractivity contribution in [3.05, 3.63) is 15.5 Å². The molecule has 3 rings (SSSR count). The van der Waals surface area contributed by atoms with Crippen LogP contribution in [-0.4, -0.2) is 37.7 Å². The maximum absolute atomic E-state index is 5.01. The maximum Gasteiger partial charge on any atom is 0.213 e. The Morgan fingerprint density at radius 2 is 2.20 bits per heavy atom. The number of nitrogens with one attached hydrogen (secondary N) is 2. The number of aromatic nitrogens is 4. The summed E-state index contributed by atoms with van der Waals surface area (Å²) in [6.07, 6.45) is 3.95. The van der Waals surface area contributed by atoms with E-state index in [4.69, 9.17) is 17.2 Å². The molecule has 0 saturated carbocycles. The van der Waals surface area contributed by atoms with E-state index in [1.54, 1.807) is 11.3 Å². The summed E-state index contributed by atoms with van der Waals surface area (Å²) in [4.78, 5) is 12.6. The molecule has 2 aromatic heterocycles. The smallest absolute Gasteiger partial charge is 0.213 e. The SMILES string of the molecule is Cc1nc(CN2CCCCC2C)sc1-c1nc(=S)[nH][nH]1. The summed E-state index contributed by atoms with van der Waals surface area (Å²) < 4.78 is 0.485. The van der Waals surface area contributed by atoms with Crippen molar-refractivity contribution in [3.8, 4) is 10.7 Å². The first-order valence-corrected chi connectivity index (χ1v) is 8.21. The van der Waals surface area contributed by atoms with E-state index >= 15 is 0 Å². The number of rotatable bonds is 3. The number of nitrogens with zero attached hydrogens (tertiary/aromatic N) is 3. The molecule has 2 aromatic rings. The molecule has 0 radical (unpaired) electrons. The summed E-state index contributed by atoms with van der Waals surface area (Å²) in [6, 6.07) is 0.660. The fraction of sp³-hybridized carbons (Fsp3) is 0.615. The average Bonchev–Trinajstić information content (AvgIpc) is 2.98. The highest BCUT2D eigenvalue weighted by Crippen LogP contribution is 2.29. The van der Waals surface area contributed by atoms with Crippen LogP contribution in [0.25, 0.3) is 10.7 Å². The van der Waals surface area contributed by atoms with Gasteiger partial charge in [-0.05, 0) is 45.5 Å². The van der Waals surface area contributed by atoms with Crippen molar-refractivity contribution in [3.63, 3.8) is 0 Å². The van der Waals surface area contributed by atoms with Crippen LogP contribution in [0.15, 0.2) is 0 Å². The summed E-state index contributed by atoms with van der Waals surface area (Å²) >= 11 is 6.72. The molecule has 0 aromatic carbocycles. The zero-order chi connectivity index (χ0) is 14.1. The van der Waals surface area contributed by atoms with E-state index in [9.17, 15) is 0 Å². The molecular weight excluding hydrogens is 290 g/mol. The molecule has 7 heteroatoms. The predicted octanol–water partition coefficient (Wildman–Crippen LogP) is 3.27. The fourth-order valence-corrected chi connectivity index (χ4v) is 3.86. The van der Waals surface area contributed by atoms with Crippen LogP contribution in [0, 0.1) is 11.7 Å². The number of aryl methyl sites for hydroxylation is 1. The van der Waals surface area contributed by atoms with Gasteiger partial charge in [-0.3, -0.25) is 15.1 Å². The third kappa shape index (κ3) is 2.84. The molecule has 1 fully saturated rings. The lowest BCUT2D eigenvalue weighted by Gasteiger charge is -2.32. The first-order chi connectivity index (χ1) is 9.63. The minimum absolute atomic E-state index is 0.485. The predicted molar refractivity (Wildman–Crippen MR) is 83.3 cm³/mol. The van der Waals surface area contributed by atoms with Gasteiger partial charge >= 0.3 is 0 Å². The zero-order valence-electron chi connectivity index (χ0n) is 11.8. The van der Waals surface area contributed by atoms with Gasteiger partial charge in [0.15, 0.2) is 5.82 Å². The van der Waals surface area contributed by atoms with E-state index in [0.29, 0.717) is 10.8 Å². The van der Waals surface area contributed by atoms with Crippen molar-refractivity contribution in [1.29, 1.82) is 0 Å². The Morgan fingerprint density at radius 3 is 2.90 bits per heavy atom. The maximum atomic E-state index is 5.01. The summed E-state index contributed by atoms with van der Waals surface area (Å²) in [5.74, 6) is 0.794. The molecule has 1 atom stereocenters. The van der Waals surface area contributed by atoms with Crippen LogP contribution in [0.1, 0.15) is 36.9 Å². The molecule has 3 heterocycles. The van der Waals surface area contributed by atoms with Gasteiger partial charge in [-0.1, -0.05) is 6.42 Å². The second kappa shape index (κ2) is 5.75. The van der Waals surface area contributed by atoms with Crippen molar-refractivity contribution < 1.29 is 0 Å². The molecule has 20 heavy (non-hydrogen) atoms. The fourth-order valence-electron chi connectivity index (χ4n) is 2.68. The molecular formula is C13H19N5S2. The van der Waals surface area contributed by atoms with Crippen LogP contribution in [0.2, 0.25) is 0 Å². The Labute approximate surface area is 127 Å². The van der Waals surface area contributed by atoms with Crippen molar-refractivity contribution >= 4 is 23.6 Å². The van der Waals surface area contributed by atoms with Gasteiger partial charge < -0.3 is 0 Å². The van der Waals surface area contributed by atoms with Crippen molar-refractivity contribution in [2.75, 3.05) is 6.54 Å². The topological polar surface area (TPSA) is 60.6 Å². The van der Waals surface area contributed by atoms with Crippen molar-refractivity contribution in [1.82, 2.24) is 25.1 Å². The Kier molecular flexibility index (Phi) is 4.00. The van der Waals surface area contributed by atoms with Gasteiger partial charge in [0.2, 0.25) is 4.77 Å². The number of thiazole rings is 1. The van der Waals surface area contributed by atoms with Gasteiger partial charge in [-0.25, -0.2) is 4.98 Å². The first-order valence-electron chi connectivity index (χ1n) is 6.99. The highest BCUT2D eigenvalue weighted by atomic mass is 32.1. The summed E-state index contributed by atoms with van der Waals surface area (Å²) in [6.45, 7) is 6.46. The van der Waals surface area contributed by atoms with Crippen LogP contribution < -0.4 is 0 Å². The molecule has 0 spiro atoms. The quantitative estimate of drug-likeness (QED) is 0.854. The Balaban J connectivity index is 1.80. The van der Waals surface area contributed by atoms with Gasteiger partial charge in [0.25, 0.3) is 0 Å². The monoisotopic (exact) mass is 309 g/mol. The van der Waals surface area contributed by atoms with Gasteiger partial charge in [0, 0.05) is 6.04 Å². The van der Waals surface area contributed by atoms with E-state index in [2.05, 4.69) is 27.0 Å². The largest absolute Gasteiger partial charge is 0.294 e. The van der Waals surface area contributed by atoms with E-state index in [1.807, 2.05) is 6.92 Å². The standard InChI is InChI=1S/C13H19N5S2/c1-8-5-3-4-6-18(8)7-10-14-9(2)11(20-10)12-15-13(19)17-16-12/h8H,3-7H2,1-2H3,(H2,15,16,17,19). The van der Waals surface area contributed by atoms with E-state index in [1.165, 1.54) is 25.8 Å². The number of hydrogen-bond donors (Lipinski definition) is 2.